The summed E-state index contributed by atoms with van der Waals surface area (Å²) in [6, 6.07) is 21.5. The summed E-state index contributed by atoms with van der Waals surface area (Å²) in [6.07, 6.45) is 0. The molecule has 2 amide bonds. The number of amides is 2. The lowest BCUT2D eigenvalue weighted by atomic mass is 10.0. The fraction of sp³-hybridized carbons (Fsp3) is 0.120. The fourth-order valence-electron chi connectivity index (χ4n) is 3.54. The average molecular weight is 433 g/mol. The second-order valence-corrected chi connectivity index (χ2v) is 7.51. The van der Waals surface area contributed by atoms with Gasteiger partial charge in [-0.05, 0) is 55.3 Å². The molecule has 4 rings (SSSR count). The number of rotatable bonds is 6. The SMILES string of the molecule is CCOc1cccc(NC2=C(c3ccc(Cl)cc3)C(=O)N(c3ccccc3C)C2=O)c1. The van der Waals surface area contributed by atoms with Crippen LogP contribution in [-0.2, 0) is 9.59 Å². The molecule has 6 heteroatoms. The minimum Gasteiger partial charge on any atom is -0.494 e. The Morgan fingerprint density at radius 3 is 2.39 bits per heavy atom. The van der Waals surface area contributed by atoms with E-state index in [9.17, 15) is 9.59 Å². The zero-order chi connectivity index (χ0) is 22.0. The van der Waals surface area contributed by atoms with Gasteiger partial charge < -0.3 is 10.1 Å². The molecule has 1 heterocycles. The Hall–Kier alpha value is -3.57. The maximum Gasteiger partial charge on any atom is 0.282 e. The number of halogens is 1. The maximum absolute atomic E-state index is 13.5. The average Bonchev–Trinajstić information content (AvgIpc) is 2.99. The monoisotopic (exact) mass is 432 g/mol. The molecule has 0 unspecified atom stereocenters. The van der Waals surface area contributed by atoms with E-state index in [0.717, 1.165) is 5.56 Å². The number of imide groups is 1. The molecule has 0 radical (unpaired) electrons. The Morgan fingerprint density at radius 2 is 1.68 bits per heavy atom. The molecule has 1 N–H and O–H groups in total. The van der Waals surface area contributed by atoms with Crippen molar-refractivity contribution < 1.29 is 14.3 Å². The Kier molecular flexibility index (Phi) is 5.78. The van der Waals surface area contributed by atoms with Crippen LogP contribution >= 0.6 is 11.6 Å². The summed E-state index contributed by atoms with van der Waals surface area (Å²) in [5.74, 6) is -0.121. The van der Waals surface area contributed by atoms with Gasteiger partial charge in [-0.1, -0.05) is 48.0 Å². The first-order chi connectivity index (χ1) is 15.0. The van der Waals surface area contributed by atoms with Crippen molar-refractivity contribution in [3.8, 4) is 5.75 Å². The number of carbonyl (C=O) groups excluding carboxylic acids is 2. The third kappa shape index (κ3) is 4.05. The summed E-state index contributed by atoms with van der Waals surface area (Å²) in [5.41, 5.74) is 3.17. The normalized spacial score (nSPS) is 13.7. The number of hydrogen-bond donors (Lipinski definition) is 1. The van der Waals surface area contributed by atoms with E-state index in [1.807, 2.05) is 50.2 Å². The lowest BCUT2D eigenvalue weighted by Crippen LogP contribution is -2.33. The third-order valence-corrected chi connectivity index (χ3v) is 5.24. The summed E-state index contributed by atoms with van der Waals surface area (Å²) in [5, 5.41) is 3.71. The van der Waals surface area contributed by atoms with Gasteiger partial charge >= 0.3 is 0 Å². The smallest absolute Gasteiger partial charge is 0.282 e. The van der Waals surface area contributed by atoms with Crippen molar-refractivity contribution in [1.82, 2.24) is 0 Å². The van der Waals surface area contributed by atoms with Gasteiger partial charge in [0.15, 0.2) is 0 Å². The molecule has 0 fully saturated rings. The lowest BCUT2D eigenvalue weighted by Gasteiger charge is -2.17. The number of benzene rings is 3. The van der Waals surface area contributed by atoms with E-state index in [1.165, 1.54) is 4.90 Å². The second kappa shape index (κ2) is 8.66. The van der Waals surface area contributed by atoms with Gasteiger partial charge in [0.25, 0.3) is 11.8 Å². The third-order valence-electron chi connectivity index (χ3n) is 4.99. The molecule has 1 aliphatic heterocycles. The van der Waals surface area contributed by atoms with Gasteiger partial charge in [-0.25, -0.2) is 4.90 Å². The summed E-state index contributed by atoms with van der Waals surface area (Å²) < 4.78 is 5.56. The molecule has 5 nitrogen and oxygen atoms in total. The molecule has 0 aliphatic carbocycles. The van der Waals surface area contributed by atoms with E-state index in [1.54, 1.807) is 36.4 Å². The van der Waals surface area contributed by atoms with Crippen molar-refractivity contribution >= 4 is 40.4 Å². The molecular weight excluding hydrogens is 412 g/mol. The van der Waals surface area contributed by atoms with Crippen molar-refractivity contribution in [3.63, 3.8) is 0 Å². The number of hydrogen-bond acceptors (Lipinski definition) is 4. The van der Waals surface area contributed by atoms with Gasteiger partial charge in [0, 0.05) is 16.8 Å². The van der Waals surface area contributed by atoms with Crippen molar-refractivity contribution in [1.29, 1.82) is 0 Å². The first kappa shape index (κ1) is 20.7. The highest BCUT2D eigenvalue weighted by atomic mass is 35.5. The molecule has 0 atom stereocenters. The van der Waals surface area contributed by atoms with Gasteiger partial charge in [0.2, 0.25) is 0 Å². The Bertz CT molecular complexity index is 1190. The van der Waals surface area contributed by atoms with E-state index < -0.39 is 5.91 Å². The largest absolute Gasteiger partial charge is 0.494 e. The number of aryl methyl sites for hydroxylation is 1. The van der Waals surface area contributed by atoms with Crippen LogP contribution in [0.2, 0.25) is 5.02 Å². The Balaban J connectivity index is 1.81. The molecular formula is C25H21ClN2O3. The number of nitrogens with one attached hydrogen (secondary N) is 1. The topological polar surface area (TPSA) is 58.6 Å². The first-order valence-corrected chi connectivity index (χ1v) is 10.3. The minimum atomic E-state index is -0.411. The molecule has 0 aromatic heterocycles. The summed E-state index contributed by atoms with van der Waals surface area (Å²) in [7, 11) is 0. The van der Waals surface area contributed by atoms with Crippen molar-refractivity contribution in [2.75, 3.05) is 16.8 Å². The van der Waals surface area contributed by atoms with Crippen LogP contribution in [0.25, 0.3) is 5.57 Å². The number of carbonyl (C=O) groups is 2. The van der Waals surface area contributed by atoms with Crippen LogP contribution in [0.15, 0.2) is 78.5 Å². The van der Waals surface area contributed by atoms with Crippen molar-refractivity contribution in [2.24, 2.45) is 0 Å². The van der Waals surface area contributed by atoms with Crippen molar-refractivity contribution in [3.05, 3.63) is 94.6 Å². The van der Waals surface area contributed by atoms with Crippen LogP contribution in [-0.4, -0.2) is 18.4 Å². The molecule has 31 heavy (non-hydrogen) atoms. The maximum atomic E-state index is 13.5. The molecule has 0 saturated carbocycles. The standard InChI is InChI=1S/C25H21ClN2O3/c1-3-31-20-9-6-8-19(15-20)27-23-22(17-11-13-18(26)14-12-17)24(29)28(25(23)30)21-10-5-4-7-16(21)2/h4-15,27H,3H2,1-2H3. The molecule has 0 bridgehead atoms. The molecule has 1 aliphatic rings. The van der Waals surface area contributed by atoms with Crippen LogP contribution in [0.5, 0.6) is 5.75 Å². The number of nitrogens with zero attached hydrogens (tertiary/aromatic N) is 1. The molecule has 3 aromatic carbocycles. The number of para-hydroxylation sites is 1. The van der Waals surface area contributed by atoms with Crippen LogP contribution < -0.4 is 15.0 Å². The highest BCUT2D eigenvalue weighted by Crippen LogP contribution is 2.35. The second-order valence-electron chi connectivity index (χ2n) is 7.07. The van der Waals surface area contributed by atoms with Gasteiger partial charge in [-0.15, -0.1) is 0 Å². The van der Waals surface area contributed by atoms with Gasteiger partial charge in [-0.2, -0.15) is 0 Å². The highest BCUT2D eigenvalue weighted by Gasteiger charge is 2.40. The van der Waals surface area contributed by atoms with E-state index in [0.29, 0.717) is 39.9 Å². The molecule has 0 spiro atoms. The predicted molar refractivity (Wildman–Crippen MR) is 123 cm³/mol. The number of anilines is 2. The zero-order valence-electron chi connectivity index (χ0n) is 17.2. The van der Waals surface area contributed by atoms with E-state index in [-0.39, 0.29) is 11.6 Å². The summed E-state index contributed by atoms with van der Waals surface area (Å²) in [4.78, 5) is 28.2. The zero-order valence-corrected chi connectivity index (χ0v) is 17.9. The van der Waals surface area contributed by atoms with E-state index in [2.05, 4.69) is 5.32 Å². The predicted octanol–water partition coefficient (Wildman–Crippen LogP) is 5.44. The summed E-state index contributed by atoms with van der Waals surface area (Å²) in [6.45, 7) is 4.30. The van der Waals surface area contributed by atoms with Crippen molar-refractivity contribution in [2.45, 2.75) is 13.8 Å². The molecule has 0 saturated heterocycles. The van der Waals surface area contributed by atoms with Crippen LogP contribution in [0.3, 0.4) is 0 Å². The van der Waals surface area contributed by atoms with E-state index in [4.69, 9.17) is 16.3 Å². The van der Waals surface area contributed by atoms with E-state index >= 15 is 0 Å². The van der Waals surface area contributed by atoms with Crippen LogP contribution in [0, 0.1) is 6.92 Å². The number of ether oxygens (including phenoxy) is 1. The van der Waals surface area contributed by atoms with Gasteiger partial charge in [0.1, 0.15) is 11.4 Å². The molecule has 3 aromatic rings. The first-order valence-electron chi connectivity index (χ1n) is 9.94. The summed E-state index contributed by atoms with van der Waals surface area (Å²) >= 11 is 6.03. The fourth-order valence-corrected chi connectivity index (χ4v) is 3.66. The molecule has 156 valence electrons. The van der Waals surface area contributed by atoms with Crippen LogP contribution in [0.1, 0.15) is 18.1 Å². The quantitative estimate of drug-likeness (QED) is 0.526. The van der Waals surface area contributed by atoms with Gasteiger partial charge in [-0.3, -0.25) is 9.59 Å². The Morgan fingerprint density at radius 1 is 0.935 bits per heavy atom. The van der Waals surface area contributed by atoms with Crippen LogP contribution in [0.4, 0.5) is 11.4 Å². The minimum absolute atomic E-state index is 0.212. The highest BCUT2D eigenvalue weighted by molar-refractivity contribution is 6.46. The van der Waals surface area contributed by atoms with Gasteiger partial charge in [0.05, 0.1) is 17.9 Å². The Labute approximate surface area is 185 Å². The lowest BCUT2D eigenvalue weighted by molar-refractivity contribution is -0.120.